The zero-order valence-corrected chi connectivity index (χ0v) is 12.1. The average Bonchev–Trinajstić information content (AvgIpc) is 2.90. The molecule has 0 unspecified atom stereocenters. The number of rotatable bonds is 6. The van der Waals surface area contributed by atoms with E-state index in [9.17, 15) is 14.7 Å². The maximum absolute atomic E-state index is 11.9. The molecule has 1 heterocycles. The molecule has 0 aliphatic rings. The quantitative estimate of drug-likeness (QED) is 0.654. The first-order valence-corrected chi connectivity index (χ1v) is 6.57. The second kappa shape index (κ2) is 6.22. The Balaban J connectivity index is 2.44. The van der Waals surface area contributed by atoms with E-state index in [1.54, 1.807) is 12.1 Å². The van der Waals surface area contributed by atoms with Crippen LogP contribution in [0.15, 0.2) is 53.6 Å². The first kappa shape index (κ1) is 15.4. The third-order valence-electron chi connectivity index (χ3n) is 3.23. The maximum Gasteiger partial charge on any atom is 0.341 e. The summed E-state index contributed by atoms with van der Waals surface area (Å²) >= 11 is 0. The van der Waals surface area contributed by atoms with E-state index in [1.807, 2.05) is 19.1 Å². The van der Waals surface area contributed by atoms with Gasteiger partial charge in [0.05, 0.1) is 6.42 Å². The van der Waals surface area contributed by atoms with Crippen LogP contribution >= 0.6 is 0 Å². The van der Waals surface area contributed by atoms with Crippen LogP contribution in [0.3, 0.4) is 0 Å². The summed E-state index contributed by atoms with van der Waals surface area (Å²) in [5.41, 5.74) is 1.97. The van der Waals surface area contributed by atoms with Gasteiger partial charge in [-0.2, -0.15) is 0 Å². The molecule has 1 aromatic heterocycles. The number of aromatic carboxylic acids is 1. The molecule has 2 aromatic rings. The molecule has 0 amide bonds. The number of ketones is 1. The lowest BCUT2D eigenvalue weighted by Crippen LogP contribution is -2.08. The van der Waals surface area contributed by atoms with Crippen LogP contribution < -0.4 is 0 Å². The van der Waals surface area contributed by atoms with Crippen molar-refractivity contribution in [2.75, 3.05) is 0 Å². The molecule has 2 rings (SSSR count). The number of hydrogen-bond acceptors (Lipinski definition) is 4. The highest BCUT2D eigenvalue weighted by molar-refractivity contribution is 6.01. The van der Waals surface area contributed by atoms with Crippen LogP contribution in [0.1, 0.15) is 21.7 Å². The number of carbonyl (C=O) groups excluding carboxylic acids is 1. The summed E-state index contributed by atoms with van der Waals surface area (Å²) < 4.78 is 5.08. The molecule has 1 aromatic carbocycles. The van der Waals surface area contributed by atoms with Gasteiger partial charge in [0, 0.05) is 11.1 Å². The van der Waals surface area contributed by atoms with Gasteiger partial charge in [0.15, 0.2) is 11.5 Å². The molecule has 5 nitrogen and oxygen atoms in total. The third kappa shape index (κ3) is 3.03. The van der Waals surface area contributed by atoms with Gasteiger partial charge in [-0.1, -0.05) is 54.2 Å². The number of allylic oxidation sites excluding steroid dienone is 2. The van der Waals surface area contributed by atoms with Gasteiger partial charge >= 0.3 is 5.97 Å². The van der Waals surface area contributed by atoms with Crippen molar-refractivity contribution in [3.63, 3.8) is 0 Å². The minimum absolute atomic E-state index is 0.0103. The van der Waals surface area contributed by atoms with Crippen LogP contribution in [0.4, 0.5) is 0 Å². The van der Waals surface area contributed by atoms with E-state index >= 15 is 0 Å². The molecule has 0 spiro atoms. The summed E-state index contributed by atoms with van der Waals surface area (Å²) in [5, 5.41) is 13.2. The Bertz CT molecular complexity index is 753. The van der Waals surface area contributed by atoms with Gasteiger partial charge in [0.25, 0.3) is 0 Å². The lowest BCUT2D eigenvalue weighted by Gasteiger charge is -2.01. The molecule has 0 bridgehead atoms. The fourth-order valence-corrected chi connectivity index (χ4v) is 1.95. The van der Waals surface area contributed by atoms with E-state index in [2.05, 4.69) is 18.3 Å². The van der Waals surface area contributed by atoms with Crippen LogP contribution in [0.2, 0.25) is 0 Å². The van der Waals surface area contributed by atoms with E-state index < -0.39 is 5.97 Å². The Morgan fingerprint density at radius 3 is 2.50 bits per heavy atom. The molecule has 0 radical (unpaired) electrons. The number of aromatic nitrogens is 1. The lowest BCUT2D eigenvalue weighted by atomic mass is 10.0. The first-order chi connectivity index (χ1) is 10.4. The third-order valence-corrected chi connectivity index (χ3v) is 3.23. The number of nitrogens with zero attached hydrogens (tertiary/aromatic N) is 1. The number of carbonyl (C=O) groups is 2. The van der Waals surface area contributed by atoms with Crippen LogP contribution in [-0.4, -0.2) is 22.0 Å². The molecular weight excluding hydrogens is 282 g/mol. The predicted molar refractivity (Wildman–Crippen MR) is 81.7 cm³/mol. The number of aryl methyl sites for hydroxylation is 1. The van der Waals surface area contributed by atoms with Gasteiger partial charge in [-0.25, -0.2) is 4.79 Å². The Hall–Kier alpha value is -2.95. The maximum atomic E-state index is 11.9. The molecule has 1 N–H and O–H groups in total. The van der Waals surface area contributed by atoms with Crippen molar-refractivity contribution in [1.82, 2.24) is 5.16 Å². The summed E-state index contributed by atoms with van der Waals surface area (Å²) in [6.07, 6.45) is 1.10. The second-order valence-corrected chi connectivity index (χ2v) is 4.83. The van der Waals surface area contributed by atoms with E-state index in [1.165, 1.54) is 6.08 Å². The molecule has 0 saturated heterocycles. The normalized spacial score (nSPS) is 10.2. The first-order valence-electron chi connectivity index (χ1n) is 6.57. The summed E-state index contributed by atoms with van der Waals surface area (Å²) in [4.78, 5) is 23.4. The Morgan fingerprint density at radius 2 is 1.95 bits per heavy atom. The molecule has 0 saturated carbocycles. The van der Waals surface area contributed by atoms with Crippen LogP contribution in [0.25, 0.3) is 11.3 Å². The van der Waals surface area contributed by atoms with Crippen molar-refractivity contribution >= 4 is 11.8 Å². The highest BCUT2D eigenvalue weighted by Gasteiger charge is 2.25. The van der Waals surface area contributed by atoms with Gasteiger partial charge in [-0.15, -0.1) is 0 Å². The molecular formula is C17H15NO4. The van der Waals surface area contributed by atoms with Crippen molar-refractivity contribution in [3.8, 4) is 11.3 Å². The molecule has 5 heteroatoms. The Kier molecular flexibility index (Phi) is 4.36. The number of carboxylic acid groups (broad SMARTS) is 1. The Labute approximate surface area is 127 Å². The minimum atomic E-state index is -1.19. The van der Waals surface area contributed by atoms with Gasteiger partial charge < -0.3 is 9.63 Å². The summed E-state index contributed by atoms with van der Waals surface area (Å²) in [6, 6.07) is 7.21. The van der Waals surface area contributed by atoms with Crippen molar-refractivity contribution in [2.45, 2.75) is 13.3 Å². The molecule has 0 atom stereocenters. The van der Waals surface area contributed by atoms with Crippen LogP contribution in [-0.2, 0) is 11.2 Å². The smallest absolute Gasteiger partial charge is 0.341 e. The highest BCUT2D eigenvalue weighted by Crippen LogP contribution is 2.26. The van der Waals surface area contributed by atoms with Gasteiger partial charge in [-0.3, -0.25) is 4.79 Å². The minimum Gasteiger partial charge on any atom is -0.477 e. The Morgan fingerprint density at radius 1 is 1.32 bits per heavy atom. The monoisotopic (exact) mass is 297 g/mol. The van der Waals surface area contributed by atoms with Crippen molar-refractivity contribution in [1.29, 1.82) is 0 Å². The fourth-order valence-electron chi connectivity index (χ4n) is 1.95. The predicted octanol–water partition coefficient (Wildman–Crippen LogP) is 3.20. The number of benzene rings is 1. The summed E-state index contributed by atoms with van der Waals surface area (Å²) in [6.45, 7) is 8.93. The van der Waals surface area contributed by atoms with Crippen LogP contribution in [0, 0.1) is 6.92 Å². The summed E-state index contributed by atoms with van der Waals surface area (Å²) in [5.74, 6) is -1.54. The van der Waals surface area contributed by atoms with Crippen molar-refractivity contribution < 1.29 is 19.2 Å². The molecule has 0 aliphatic heterocycles. The number of carboxylic acids is 1. The molecule has 0 aliphatic carbocycles. The van der Waals surface area contributed by atoms with Crippen LogP contribution in [0.5, 0.6) is 0 Å². The zero-order valence-electron chi connectivity index (χ0n) is 12.1. The highest BCUT2D eigenvalue weighted by atomic mass is 16.5. The number of hydrogen-bond donors (Lipinski definition) is 1. The largest absolute Gasteiger partial charge is 0.477 e. The second-order valence-electron chi connectivity index (χ2n) is 4.83. The average molecular weight is 297 g/mol. The summed E-state index contributed by atoms with van der Waals surface area (Å²) in [7, 11) is 0. The zero-order chi connectivity index (χ0) is 16.3. The molecule has 112 valence electrons. The molecule has 22 heavy (non-hydrogen) atoms. The topological polar surface area (TPSA) is 80.4 Å². The van der Waals surface area contributed by atoms with Crippen molar-refractivity contribution in [3.05, 3.63) is 66.0 Å². The number of Topliss-reactive ketones (excluding diaryl/α,β-unsaturated/α-hetero) is 1. The van der Waals surface area contributed by atoms with Crippen molar-refractivity contribution in [2.24, 2.45) is 0 Å². The van der Waals surface area contributed by atoms with E-state index in [-0.39, 0.29) is 34.8 Å². The van der Waals surface area contributed by atoms with Gasteiger partial charge in [0.2, 0.25) is 0 Å². The van der Waals surface area contributed by atoms with E-state index in [4.69, 9.17) is 4.52 Å². The van der Waals surface area contributed by atoms with Gasteiger partial charge in [-0.05, 0) is 6.92 Å². The van der Waals surface area contributed by atoms with E-state index in [0.29, 0.717) is 5.56 Å². The standard InChI is InChI=1S/C17H15NO4/c1-4-11(3)13(19)9-14-15(17(20)21)16(18-22-14)12-7-5-10(2)6-8-12/h4-8H,1,3,9H2,2H3,(H,20,21). The lowest BCUT2D eigenvalue weighted by molar-refractivity contribution is -0.114. The van der Waals surface area contributed by atoms with E-state index in [0.717, 1.165) is 5.56 Å². The van der Waals surface area contributed by atoms with Gasteiger partial charge in [0.1, 0.15) is 11.3 Å². The fraction of sp³-hybridized carbons (Fsp3) is 0.118. The molecule has 0 fully saturated rings. The SMILES string of the molecule is C=CC(=C)C(=O)Cc1onc(-c2ccc(C)cc2)c1C(=O)O.